The van der Waals surface area contributed by atoms with Crippen molar-refractivity contribution >= 4 is 5.91 Å². The SMILES string of the molecule is CC1=CCCN(C(=O)C2CCC(N)C(C)C2(C)C)C1. The van der Waals surface area contributed by atoms with E-state index in [1.807, 2.05) is 4.90 Å². The molecule has 3 atom stereocenters. The van der Waals surface area contributed by atoms with E-state index in [1.165, 1.54) is 5.57 Å². The van der Waals surface area contributed by atoms with E-state index in [4.69, 9.17) is 5.73 Å². The van der Waals surface area contributed by atoms with E-state index in [-0.39, 0.29) is 17.4 Å². The van der Waals surface area contributed by atoms with Crippen LogP contribution in [-0.4, -0.2) is 29.9 Å². The molecule has 0 aromatic heterocycles. The number of carbonyl (C=O) groups is 1. The highest BCUT2D eigenvalue weighted by atomic mass is 16.2. The summed E-state index contributed by atoms with van der Waals surface area (Å²) in [6.07, 6.45) is 5.16. The van der Waals surface area contributed by atoms with E-state index < -0.39 is 0 Å². The minimum atomic E-state index is 0.00379. The van der Waals surface area contributed by atoms with Crippen LogP contribution in [-0.2, 0) is 4.79 Å². The quantitative estimate of drug-likeness (QED) is 0.740. The Morgan fingerprint density at radius 1 is 1.42 bits per heavy atom. The molecule has 0 spiro atoms. The van der Waals surface area contributed by atoms with E-state index in [0.717, 1.165) is 32.4 Å². The zero-order chi connectivity index (χ0) is 14.2. The number of nitrogens with zero attached hydrogens (tertiary/aromatic N) is 1. The highest BCUT2D eigenvalue weighted by Crippen LogP contribution is 2.45. The smallest absolute Gasteiger partial charge is 0.226 e. The monoisotopic (exact) mass is 264 g/mol. The molecule has 1 amide bonds. The van der Waals surface area contributed by atoms with Gasteiger partial charge in [-0.1, -0.05) is 32.4 Å². The maximum Gasteiger partial charge on any atom is 0.226 e. The molecule has 0 aromatic rings. The van der Waals surface area contributed by atoms with Gasteiger partial charge in [0.15, 0.2) is 0 Å². The van der Waals surface area contributed by atoms with Crippen molar-refractivity contribution in [2.24, 2.45) is 23.0 Å². The molecule has 3 heteroatoms. The number of hydrogen-bond acceptors (Lipinski definition) is 2. The van der Waals surface area contributed by atoms with Gasteiger partial charge in [-0.25, -0.2) is 0 Å². The van der Waals surface area contributed by atoms with Crippen LogP contribution < -0.4 is 5.73 Å². The highest BCUT2D eigenvalue weighted by molar-refractivity contribution is 5.80. The van der Waals surface area contributed by atoms with Crippen LogP contribution in [0, 0.1) is 17.3 Å². The lowest BCUT2D eigenvalue weighted by molar-refractivity contribution is -0.143. The molecular formula is C16H28N2O. The first-order valence-electron chi connectivity index (χ1n) is 7.54. The summed E-state index contributed by atoms with van der Waals surface area (Å²) in [5, 5.41) is 0. The summed E-state index contributed by atoms with van der Waals surface area (Å²) < 4.78 is 0. The number of amides is 1. The van der Waals surface area contributed by atoms with Crippen LogP contribution >= 0.6 is 0 Å². The Kier molecular flexibility index (Phi) is 4.05. The fourth-order valence-corrected chi connectivity index (χ4v) is 3.61. The molecule has 0 radical (unpaired) electrons. The van der Waals surface area contributed by atoms with Crippen LogP contribution in [0.1, 0.15) is 47.0 Å². The molecule has 1 aliphatic heterocycles. The predicted octanol–water partition coefficient (Wildman–Crippen LogP) is 2.56. The van der Waals surface area contributed by atoms with Gasteiger partial charge >= 0.3 is 0 Å². The zero-order valence-corrected chi connectivity index (χ0v) is 12.8. The van der Waals surface area contributed by atoms with Crippen LogP contribution in [0.5, 0.6) is 0 Å². The Balaban J connectivity index is 2.12. The summed E-state index contributed by atoms with van der Waals surface area (Å²) in [5.74, 6) is 0.876. The molecular weight excluding hydrogens is 236 g/mol. The van der Waals surface area contributed by atoms with E-state index in [2.05, 4.69) is 33.8 Å². The molecule has 0 saturated heterocycles. The predicted molar refractivity (Wildman–Crippen MR) is 78.6 cm³/mol. The van der Waals surface area contributed by atoms with Crippen molar-refractivity contribution in [2.45, 2.75) is 53.0 Å². The van der Waals surface area contributed by atoms with Gasteiger partial charge in [0.2, 0.25) is 5.91 Å². The number of rotatable bonds is 1. The lowest BCUT2D eigenvalue weighted by atomic mass is 9.60. The molecule has 3 nitrogen and oxygen atoms in total. The zero-order valence-electron chi connectivity index (χ0n) is 12.8. The molecule has 2 rings (SSSR count). The molecule has 1 fully saturated rings. The van der Waals surface area contributed by atoms with E-state index >= 15 is 0 Å². The molecule has 1 aliphatic carbocycles. The topological polar surface area (TPSA) is 46.3 Å². The molecule has 1 heterocycles. The second-order valence-corrected chi connectivity index (χ2v) is 7.00. The minimum absolute atomic E-state index is 0.00379. The van der Waals surface area contributed by atoms with E-state index in [0.29, 0.717) is 11.8 Å². The summed E-state index contributed by atoms with van der Waals surface area (Å²) in [4.78, 5) is 14.9. The molecule has 1 saturated carbocycles. The highest BCUT2D eigenvalue weighted by Gasteiger charge is 2.46. The van der Waals surface area contributed by atoms with Crippen molar-refractivity contribution in [3.05, 3.63) is 11.6 Å². The molecule has 0 bridgehead atoms. The Labute approximate surface area is 117 Å². The third kappa shape index (κ3) is 2.71. The van der Waals surface area contributed by atoms with Crippen LogP contribution in [0.3, 0.4) is 0 Å². The number of carbonyl (C=O) groups excluding carboxylic acids is 1. The molecule has 2 aliphatic rings. The Hall–Kier alpha value is -0.830. The molecule has 2 N–H and O–H groups in total. The van der Waals surface area contributed by atoms with Gasteiger partial charge in [0.1, 0.15) is 0 Å². The van der Waals surface area contributed by atoms with Crippen LogP contribution in [0.2, 0.25) is 0 Å². The van der Waals surface area contributed by atoms with Crippen molar-refractivity contribution < 1.29 is 4.79 Å². The summed E-state index contributed by atoms with van der Waals surface area (Å²) in [6, 6.07) is 0.238. The second kappa shape index (κ2) is 5.28. The summed E-state index contributed by atoms with van der Waals surface area (Å²) in [5.41, 5.74) is 7.50. The number of hydrogen-bond donors (Lipinski definition) is 1. The Bertz CT molecular complexity index is 386. The second-order valence-electron chi connectivity index (χ2n) is 7.00. The van der Waals surface area contributed by atoms with E-state index in [9.17, 15) is 4.79 Å². The average Bonchev–Trinajstić information content (AvgIpc) is 2.35. The van der Waals surface area contributed by atoms with Gasteiger partial charge < -0.3 is 10.6 Å². The van der Waals surface area contributed by atoms with Gasteiger partial charge in [-0.3, -0.25) is 4.79 Å². The number of nitrogens with two attached hydrogens (primary N) is 1. The Morgan fingerprint density at radius 3 is 2.74 bits per heavy atom. The molecule has 108 valence electrons. The van der Waals surface area contributed by atoms with Crippen molar-refractivity contribution in [1.29, 1.82) is 0 Å². The molecule has 3 unspecified atom stereocenters. The third-order valence-corrected chi connectivity index (χ3v) is 5.44. The standard InChI is InChI=1S/C16H28N2O/c1-11-6-5-9-18(10-11)15(19)13-7-8-14(17)12(2)16(13,3)4/h6,12-14H,5,7-10,17H2,1-4H3. The summed E-state index contributed by atoms with van der Waals surface area (Å²) in [6.45, 7) is 10.4. The van der Waals surface area contributed by atoms with E-state index in [1.54, 1.807) is 0 Å². The fourth-order valence-electron chi connectivity index (χ4n) is 3.61. The van der Waals surface area contributed by atoms with Gasteiger partial charge in [-0.05, 0) is 37.5 Å². The first-order chi connectivity index (χ1) is 8.84. The largest absolute Gasteiger partial charge is 0.338 e. The van der Waals surface area contributed by atoms with Gasteiger partial charge in [-0.15, -0.1) is 0 Å². The first-order valence-corrected chi connectivity index (χ1v) is 7.54. The Morgan fingerprint density at radius 2 is 2.11 bits per heavy atom. The van der Waals surface area contributed by atoms with Crippen LogP contribution in [0.25, 0.3) is 0 Å². The fraction of sp³-hybridized carbons (Fsp3) is 0.812. The molecule has 0 aromatic carbocycles. The van der Waals surface area contributed by atoms with Crippen molar-refractivity contribution in [3.63, 3.8) is 0 Å². The van der Waals surface area contributed by atoms with Gasteiger partial charge in [0.05, 0.1) is 0 Å². The van der Waals surface area contributed by atoms with Gasteiger partial charge in [0, 0.05) is 25.0 Å². The minimum Gasteiger partial charge on any atom is -0.338 e. The van der Waals surface area contributed by atoms with Crippen molar-refractivity contribution in [3.8, 4) is 0 Å². The lowest BCUT2D eigenvalue weighted by Crippen LogP contribution is -2.53. The van der Waals surface area contributed by atoms with Crippen LogP contribution in [0.4, 0.5) is 0 Å². The normalized spacial score (nSPS) is 34.9. The van der Waals surface area contributed by atoms with Gasteiger partial charge in [0.25, 0.3) is 0 Å². The average molecular weight is 264 g/mol. The van der Waals surface area contributed by atoms with Crippen LogP contribution in [0.15, 0.2) is 11.6 Å². The summed E-state index contributed by atoms with van der Waals surface area (Å²) in [7, 11) is 0. The van der Waals surface area contributed by atoms with Gasteiger partial charge in [-0.2, -0.15) is 0 Å². The third-order valence-electron chi connectivity index (χ3n) is 5.44. The van der Waals surface area contributed by atoms with Crippen molar-refractivity contribution in [2.75, 3.05) is 13.1 Å². The lowest BCUT2D eigenvalue weighted by Gasteiger charge is -2.47. The summed E-state index contributed by atoms with van der Waals surface area (Å²) >= 11 is 0. The molecule has 19 heavy (non-hydrogen) atoms. The maximum atomic E-state index is 12.8. The van der Waals surface area contributed by atoms with Crippen molar-refractivity contribution in [1.82, 2.24) is 4.90 Å². The first kappa shape index (κ1) is 14.6. The maximum absolute atomic E-state index is 12.8.